The van der Waals surface area contributed by atoms with E-state index in [4.69, 9.17) is 25.8 Å². The van der Waals surface area contributed by atoms with Crippen molar-refractivity contribution in [2.75, 3.05) is 13.2 Å². The molecule has 0 unspecified atom stereocenters. The SMILES string of the molecule is CCOc1ccc(Cc2c(Cl)ccc3c2CO[C@]32O[C@H](CO)C[C@H](O)[C@H]2O)cc1. The van der Waals surface area contributed by atoms with Gasteiger partial charge in [0.15, 0.2) is 0 Å². The summed E-state index contributed by atoms with van der Waals surface area (Å²) in [7, 11) is 0. The average Bonchev–Trinajstić information content (AvgIpc) is 3.08. The summed E-state index contributed by atoms with van der Waals surface area (Å²) < 4.78 is 17.4. The van der Waals surface area contributed by atoms with Gasteiger partial charge in [0.05, 0.1) is 32.0 Å². The summed E-state index contributed by atoms with van der Waals surface area (Å²) in [5.74, 6) is -0.691. The molecule has 0 aromatic heterocycles. The van der Waals surface area contributed by atoms with Crippen LogP contribution in [0.1, 0.15) is 35.6 Å². The minimum atomic E-state index is -1.50. The summed E-state index contributed by atoms with van der Waals surface area (Å²) in [6, 6.07) is 11.3. The number of aliphatic hydroxyl groups excluding tert-OH is 3. The molecule has 1 spiro atoms. The molecule has 2 aliphatic rings. The van der Waals surface area contributed by atoms with Crippen molar-refractivity contribution in [2.45, 2.75) is 50.5 Å². The lowest BCUT2D eigenvalue weighted by molar-refractivity contribution is -0.347. The van der Waals surface area contributed by atoms with Gasteiger partial charge in [-0.2, -0.15) is 0 Å². The van der Waals surface area contributed by atoms with Crippen LogP contribution in [0.5, 0.6) is 5.75 Å². The summed E-state index contributed by atoms with van der Waals surface area (Å²) >= 11 is 6.51. The topological polar surface area (TPSA) is 88.4 Å². The Balaban J connectivity index is 1.69. The largest absolute Gasteiger partial charge is 0.494 e. The smallest absolute Gasteiger partial charge is 0.225 e. The number of aliphatic hydroxyl groups is 3. The molecule has 0 amide bonds. The monoisotopic (exact) mass is 420 g/mol. The molecular formula is C22H25ClO6. The minimum Gasteiger partial charge on any atom is -0.494 e. The summed E-state index contributed by atoms with van der Waals surface area (Å²) in [6.07, 6.45) is -2.21. The van der Waals surface area contributed by atoms with Crippen molar-refractivity contribution >= 4 is 11.6 Å². The number of benzene rings is 2. The van der Waals surface area contributed by atoms with E-state index in [0.29, 0.717) is 23.6 Å². The van der Waals surface area contributed by atoms with Gasteiger partial charge in [0.2, 0.25) is 5.79 Å². The van der Waals surface area contributed by atoms with Crippen LogP contribution in [0.15, 0.2) is 36.4 Å². The molecule has 156 valence electrons. The first kappa shape index (κ1) is 20.6. The minimum absolute atomic E-state index is 0.144. The molecule has 4 atom stereocenters. The fourth-order valence-electron chi connectivity index (χ4n) is 4.15. The number of hydrogen-bond acceptors (Lipinski definition) is 6. The van der Waals surface area contributed by atoms with E-state index < -0.39 is 24.1 Å². The number of fused-ring (bicyclic) bond motifs is 2. The van der Waals surface area contributed by atoms with Crippen LogP contribution in [-0.2, 0) is 28.3 Å². The third-order valence-corrected chi connectivity index (χ3v) is 5.95. The van der Waals surface area contributed by atoms with Crippen LogP contribution in [0.25, 0.3) is 0 Å². The van der Waals surface area contributed by atoms with Gasteiger partial charge in [-0.25, -0.2) is 0 Å². The highest BCUT2D eigenvalue weighted by Crippen LogP contribution is 2.47. The van der Waals surface area contributed by atoms with Crippen LogP contribution in [-0.4, -0.2) is 46.8 Å². The Morgan fingerprint density at radius 1 is 1.17 bits per heavy atom. The molecule has 0 bridgehead atoms. The number of hydrogen-bond donors (Lipinski definition) is 3. The fraction of sp³-hybridized carbons (Fsp3) is 0.455. The van der Waals surface area contributed by atoms with Crippen molar-refractivity contribution < 1.29 is 29.5 Å². The van der Waals surface area contributed by atoms with Crippen molar-refractivity contribution in [3.05, 3.63) is 63.7 Å². The second kappa shape index (κ2) is 8.22. The number of halogens is 1. The van der Waals surface area contributed by atoms with Gasteiger partial charge in [0.25, 0.3) is 0 Å². The van der Waals surface area contributed by atoms with Gasteiger partial charge in [-0.1, -0.05) is 29.8 Å². The summed E-state index contributed by atoms with van der Waals surface area (Å²) in [5.41, 5.74) is 3.44. The van der Waals surface area contributed by atoms with E-state index >= 15 is 0 Å². The van der Waals surface area contributed by atoms with Crippen LogP contribution in [0.2, 0.25) is 5.02 Å². The van der Waals surface area contributed by atoms with Gasteiger partial charge in [0, 0.05) is 17.0 Å². The van der Waals surface area contributed by atoms with E-state index in [1.54, 1.807) is 12.1 Å². The molecule has 0 saturated carbocycles. The molecule has 0 aliphatic carbocycles. The molecule has 6 nitrogen and oxygen atoms in total. The highest BCUT2D eigenvalue weighted by molar-refractivity contribution is 6.31. The van der Waals surface area contributed by atoms with E-state index in [1.165, 1.54) is 0 Å². The predicted octanol–water partition coefficient (Wildman–Crippen LogP) is 2.52. The highest BCUT2D eigenvalue weighted by atomic mass is 35.5. The summed E-state index contributed by atoms with van der Waals surface area (Å²) in [6.45, 7) is 2.48. The van der Waals surface area contributed by atoms with Crippen LogP contribution < -0.4 is 4.74 Å². The molecular weight excluding hydrogens is 396 g/mol. The molecule has 2 aliphatic heterocycles. The summed E-state index contributed by atoms with van der Waals surface area (Å²) in [5, 5.41) is 31.1. The molecule has 3 N–H and O–H groups in total. The lowest BCUT2D eigenvalue weighted by atomic mass is 9.87. The third kappa shape index (κ3) is 3.65. The van der Waals surface area contributed by atoms with Crippen molar-refractivity contribution in [1.82, 2.24) is 0 Å². The molecule has 4 rings (SSSR count). The van der Waals surface area contributed by atoms with Crippen LogP contribution in [0.4, 0.5) is 0 Å². The molecule has 0 radical (unpaired) electrons. The third-order valence-electron chi connectivity index (χ3n) is 5.60. The highest BCUT2D eigenvalue weighted by Gasteiger charge is 2.55. The Morgan fingerprint density at radius 3 is 2.62 bits per heavy atom. The number of rotatable bonds is 5. The molecule has 1 saturated heterocycles. The van der Waals surface area contributed by atoms with Crippen molar-refractivity contribution in [3.8, 4) is 5.75 Å². The Labute approximate surface area is 174 Å². The second-order valence-corrected chi connectivity index (χ2v) is 7.84. The Hall–Kier alpha value is -1.67. The predicted molar refractivity (Wildman–Crippen MR) is 107 cm³/mol. The zero-order valence-corrected chi connectivity index (χ0v) is 16.9. The fourth-order valence-corrected chi connectivity index (χ4v) is 4.39. The van der Waals surface area contributed by atoms with Crippen molar-refractivity contribution in [3.63, 3.8) is 0 Å². The van der Waals surface area contributed by atoms with Crippen molar-refractivity contribution in [2.24, 2.45) is 0 Å². The van der Waals surface area contributed by atoms with E-state index in [1.807, 2.05) is 31.2 Å². The lowest BCUT2D eigenvalue weighted by Gasteiger charge is -2.43. The number of ether oxygens (including phenoxy) is 3. The zero-order chi connectivity index (χ0) is 20.6. The first-order chi connectivity index (χ1) is 14.0. The van der Waals surface area contributed by atoms with Gasteiger partial charge in [-0.05, 0) is 48.2 Å². The van der Waals surface area contributed by atoms with Gasteiger partial charge in [-0.15, -0.1) is 0 Å². The maximum atomic E-state index is 10.7. The standard InChI is InChI=1S/C22H25ClO6/c1-2-27-14-5-3-13(4-6-14)9-16-17-12-28-22(18(17)7-8-19(16)23)21(26)20(25)10-15(11-24)29-22/h3-8,15,20-21,24-26H,2,9-12H2,1H3/t15-,20-,21+,22-/m0/s1. The van der Waals surface area contributed by atoms with E-state index in [-0.39, 0.29) is 19.6 Å². The normalized spacial score (nSPS) is 28.5. The van der Waals surface area contributed by atoms with Gasteiger partial charge in [0.1, 0.15) is 11.9 Å². The van der Waals surface area contributed by atoms with Crippen LogP contribution >= 0.6 is 11.6 Å². The first-order valence-electron chi connectivity index (χ1n) is 9.79. The van der Waals surface area contributed by atoms with E-state index in [9.17, 15) is 15.3 Å². The average molecular weight is 421 g/mol. The van der Waals surface area contributed by atoms with Crippen molar-refractivity contribution in [1.29, 1.82) is 0 Å². The Morgan fingerprint density at radius 2 is 1.93 bits per heavy atom. The summed E-state index contributed by atoms with van der Waals surface area (Å²) in [4.78, 5) is 0. The van der Waals surface area contributed by atoms with Crippen LogP contribution in [0, 0.1) is 0 Å². The maximum absolute atomic E-state index is 10.7. The first-order valence-corrected chi connectivity index (χ1v) is 10.2. The van der Waals surface area contributed by atoms with E-state index in [0.717, 1.165) is 22.4 Å². The van der Waals surface area contributed by atoms with Gasteiger partial charge < -0.3 is 29.5 Å². The van der Waals surface area contributed by atoms with Gasteiger partial charge in [-0.3, -0.25) is 0 Å². The molecule has 2 aromatic rings. The van der Waals surface area contributed by atoms with Gasteiger partial charge >= 0.3 is 0 Å². The molecule has 1 fully saturated rings. The lowest BCUT2D eigenvalue weighted by Crippen LogP contribution is -2.56. The molecule has 2 aromatic carbocycles. The quantitative estimate of drug-likeness (QED) is 0.688. The zero-order valence-electron chi connectivity index (χ0n) is 16.2. The second-order valence-electron chi connectivity index (χ2n) is 7.43. The molecule has 2 heterocycles. The maximum Gasteiger partial charge on any atom is 0.225 e. The van der Waals surface area contributed by atoms with Crippen LogP contribution in [0.3, 0.4) is 0 Å². The van der Waals surface area contributed by atoms with E-state index in [2.05, 4.69) is 0 Å². The Bertz CT molecular complexity index is 870. The Kier molecular flexibility index (Phi) is 5.84. The molecule has 7 heteroatoms. The molecule has 29 heavy (non-hydrogen) atoms.